The first-order chi connectivity index (χ1) is 10.3. The Labute approximate surface area is 130 Å². The van der Waals surface area contributed by atoms with Crippen LogP contribution in [0.25, 0.3) is 0 Å². The molecule has 0 spiro atoms. The van der Waals surface area contributed by atoms with Crippen LogP contribution < -0.4 is 5.32 Å². The van der Waals surface area contributed by atoms with Crippen molar-refractivity contribution in [2.24, 2.45) is 0 Å². The summed E-state index contributed by atoms with van der Waals surface area (Å²) in [5, 5.41) is 4.99. The lowest BCUT2D eigenvalue weighted by molar-refractivity contribution is 0.682. The third-order valence-corrected chi connectivity index (χ3v) is 5.77. The Hall–Kier alpha value is -1.19. The van der Waals surface area contributed by atoms with Crippen LogP contribution in [0.1, 0.15) is 58.8 Å². The van der Waals surface area contributed by atoms with Crippen molar-refractivity contribution in [1.29, 1.82) is 0 Å². The molecule has 1 atom stereocenters. The maximum absolute atomic E-state index is 5.00. The van der Waals surface area contributed by atoms with Gasteiger partial charge in [0, 0.05) is 23.4 Å². The van der Waals surface area contributed by atoms with Crippen molar-refractivity contribution in [2.75, 3.05) is 0 Å². The SMILES string of the molecule is CCCc1nc(C2Cc3ccccc32)sc1CNC1CC1. The fourth-order valence-corrected chi connectivity index (χ4v) is 4.31. The van der Waals surface area contributed by atoms with Crippen LogP contribution >= 0.6 is 11.3 Å². The van der Waals surface area contributed by atoms with Crippen molar-refractivity contribution in [3.05, 3.63) is 51.0 Å². The molecule has 2 aromatic rings. The van der Waals surface area contributed by atoms with Crippen molar-refractivity contribution in [1.82, 2.24) is 10.3 Å². The van der Waals surface area contributed by atoms with E-state index >= 15 is 0 Å². The lowest BCUT2D eigenvalue weighted by Gasteiger charge is -2.28. The summed E-state index contributed by atoms with van der Waals surface area (Å²) < 4.78 is 0. The van der Waals surface area contributed by atoms with Crippen LogP contribution in [-0.4, -0.2) is 11.0 Å². The van der Waals surface area contributed by atoms with Gasteiger partial charge in [0.15, 0.2) is 0 Å². The van der Waals surface area contributed by atoms with E-state index in [9.17, 15) is 0 Å². The average Bonchev–Trinajstić information content (AvgIpc) is 3.21. The van der Waals surface area contributed by atoms with E-state index in [4.69, 9.17) is 4.98 Å². The largest absolute Gasteiger partial charge is 0.309 e. The van der Waals surface area contributed by atoms with Gasteiger partial charge in [-0.05, 0) is 36.8 Å². The zero-order valence-corrected chi connectivity index (χ0v) is 13.4. The van der Waals surface area contributed by atoms with E-state index in [2.05, 4.69) is 36.5 Å². The molecule has 1 saturated carbocycles. The molecule has 110 valence electrons. The third-order valence-electron chi connectivity index (χ3n) is 4.56. The lowest BCUT2D eigenvalue weighted by atomic mass is 9.78. The number of thiazole rings is 1. The number of hydrogen-bond acceptors (Lipinski definition) is 3. The number of rotatable bonds is 6. The van der Waals surface area contributed by atoms with Gasteiger partial charge in [0.25, 0.3) is 0 Å². The average molecular weight is 298 g/mol. The predicted molar refractivity (Wildman–Crippen MR) is 88.0 cm³/mol. The minimum Gasteiger partial charge on any atom is -0.309 e. The van der Waals surface area contributed by atoms with E-state index in [-0.39, 0.29) is 0 Å². The maximum Gasteiger partial charge on any atom is 0.101 e. The molecule has 3 heteroatoms. The highest BCUT2D eigenvalue weighted by atomic mass is 32.1. The van der Waals surface area contributed by atoms with Gasteiger partial charge in [0.2, 0.25) is 0 Å². The Kier molecular flexibility index (Phi) is 3.56. The molecule has 1 aromatic carbocycles. The first-order valence-electron chi connectivity index (χ1n) is 8.14. The molecule has 0 radical (unpaired) electrons. The standard InChI is InChI=1S/C18H22N2S/c1-2-5-16-17(11-19-13-8-9-13)21-18(20-16)15-10-12-6-3-4-7-14(12)15/h3-4,6-7,13,15,19H,2,5,8-11H2,1H3. The van der Waals surface area contributed by atoms with Gasteiger partial charge in [-0.1, -0.05) is 37.6 Å². The summed E-state index contributed by atoms with van der Waals surface area (Å²) in [5.41, 5.74) is 4.35. The van der Waals surface area contributed by atoms with E-state index < -0.39 is 0 Å². The Balaban J connectivity index is 1.56. The molecule has 1 fully saturated rings. The van der Waals surface area contributed by atoms with Crippen molar-refractivity contribution in [2.45, 2.75) is 57.5 Å². The first kappa shape index (κ1) is 13.5. The lowest BCUT2D eigenvalue weighted by Crippen LogP contribution is -2.17. The summed E-state index contributed by atoms with van der Waals surface area (Å²) in [6.45, 7) is 3.27. The van der Waals surface area contributed by atoms with Gasteiger partial charge in [-0.2, -0.15) is 0 Å². The Morgan fingerprint density at radius 3 is 2.90 bits per heavy atom. The molecule has 0 aliphatic heterocycles. The molecule has 0 amide bonds. The van der Waals surface area contributed by atoms with E-state index in [0.717, 1.165) is 19.0 Å². The summed E-state index contributed by atoms with van der Waals surface area (Å²) in [6, 6.07) is 9.59. The number of nitrogens with zero attached hydrogens (tertiary/aromatic N) is 1. The smallest absolute Gasteiger partial charge is 0.101 e. The summed E-state index contributed by atoms with van der Waals surface area (Å²) in [5.74, 6) is 0.552. The fraction of sp³-hybridized carbons (Fsp3) is 0.500. The van der Waals surface area contributed by atoms with Crippen molar-refractivity contribution < 1.29 is 0 Å². The topological polar surface area (TPSA) is 24.9 Å². The quantitative estimate of drug-likeness (QED) is 0.870. The van der Waals surface area contributed by atoms with Gasteiger partial charge < -0.3 is 5.32 Å². The highest BCUT2D eigenvalue weighted by Gasteiger charge is 2.30. The highest BCUT2D eigenvalue weighted by Crippen LogP contribution is 2.42. The number of aromatic nitrogens is 1. The predicted octanol–water partition coefficient (Wildman–Crippen LogP) is 4.04. The molecule has 4 rings (SSSR count). The van der Waals surface area contributed by atoms with Gasteiger partial charge in [-0.15, -0.1) is 11.3 Å². The molecule has 2 nitrogen and oxygen atoms in total. The van der Waals surface area contributed by atoms with E-state index in [1.54, 1.807) is 0 Å². The molecular formula is C18H22N2S. The zero-order valence-electron chi connectivity index (χ0n) is 12.6. The third kappa shape index (κ3) is 2.65. The second-order valence-corrected chi connectivity index (χ2v) is 7.40. The van der Waals surface area contributed by atoms with Crippen LogP contribution in [-0.2, 0) is 19.4 Å². The summed E-state index contributed by atoms with van der Waals surface area (Å²) >= 11 is 1.94. The van der Waals surface area contributed by atoms with Gasteiger partial charge in [0.1, 0.15) is 5.01 Å². The number of hydrogen-bond donors (Lipinski definition) is 1. The normalized spacial score (nSPS) is 20.1. The fourth-order valence-electron chi connectivity index (χ4n) is 3.13. The van der Waals surface area contributed by atoms with Crippen LogP contribution in [0.5, 0.6) is 0 Å². The second kappa shape index (κ2) is 5.54. The van der Waals surface area contributed by atoms with Gasteiger partial charge in [-0.3, -0.25) is 0 Å². The first-order valence-corrected chi connectivity index (χ1v) is 8.96. The second-order valence-electron chi connectivity index (χ2n) is 6.28. The van der Waals surface area contributed by atoms with E-state index in [1.165, 1.54) is 52.4 Å². The van der Waals surface area contributed by atoms with E-state index in [0.29, 0.717) is 5.92 Å². The van der Waals surface area contributed by atoms with Crippen molar-refractivity contribution in [3.8, 4) is 0 Å². The highest BCUT2D eigenvalue weighted by molar-refractivity contribution is 7.11. The van der Waals surface area contributed by atoms with Crippen LogP contribution in [0, 0.1) is 0 Å². The van der Waals surface area contributed by atoms with Crippen molar-refractivity contribution in [3.63, 3.8) is 0 Å². The van der Waals surface area contributed by atoms with Crippen molar-refractivity contribution >= 4 is 11.3 Å². The van der Waals surface area contributed by atoms with E-state index in [1.807, 2.05) is 11.3 Å². The minimum absolute atomic E-state index is 0.552. The molecule has 1 heterocycles. The summed E-state index contributed by atoms with van der Waals surface area (Å²) in [4.78, 5) is 6.47. The minimum atomic E-state index is 0.552. The zero-order chi connectivity index (χ0) is 14.2. The molecule has 1 unspecified atom stereocenters. The van der Waals surface area contributed by atoms with Crippen LogP contribution in [0.4, 0.5) is 0 Å². The number of benzene rings is 1. The molecule has 0 bridgehead atoms. The number of aryl methyl sites for hydroxylation is 1. The number of fused-ring (bicyclic) bond motifs is 1. The van der Waals surface area contributed by atoms with Gasteiger partial charge in [-0.25, -0.2) is 4.98 Å². The molecule has 1 N–H and O–H groups in total. The number of nitrogens with one attached hydrogen (secondary N) is 1. The molecule has 0 saturated heterocycles. The maximum atomic E-state index is 5.00. The molecule has 1 aromatic heterocycles. The van der Waals surface area contributed by atoms with Crippen LogP contribution in [0.3, 0.4) is 0 Å². The summed E-state index contributed by atoms with van der Waals surface area (Å²) in [7, 11) is 0. The Morgan fingerprint density at radius 2 is 2.14 bits per heavy atom. The van der Waals surface area contributed by atoms with Gasteiger partial charge >= 0.3 is 0 Å². The molecular weight excluding hydrogens is 276 g/mol. The van der Waals surface area contributed by atoms with Gasteiger partial charge in [0.05, 0.1) is 5.69 Å². The molecule has 2 aliphatic rings. The molecule has 2 aliphatic carbocycles. The summed E-state index contributed by atoms with van der Waals surface area (Å²) in [6.07, 6.45) is 6.17. The van der Waals surface area contributed by atoms with Crippen LogP contribution in [0.2, 0.25) is 0 Å². The monoisotopic (exact) mass is 298 g/mol. The molecule has 21 heavy (non-hydrogen) atoms. The Bertz CT molecular complexity index is 642. The Morgan fingerprint density at radius 1 is 1.29 bits per heavy atom. The van der Waals surface area contributed by atoms with Crippen LogP contribution in [0.15, 0.2) is 24.3 Å².